The van der Waals surface area contributed by atoms with Crippen LogP contribution in [0.2, 0.25) is 0 Å². The Hall–Kier alpha value is -3.34. The second kappa shape index (κ2) is 8.57. The van der Waals surface area contributed by atoms with Crippen LogP contribution in [0.3, 0.4) is 0 Å². The Morgan fingerprint density at radius 1 is 0.857 bits per heavy atom. The van der Waals surface area contributed by atoms with E-state index in [2.05, 4.69) is 44.4 Å². The number of rotatable bonds is 5. The Labute approximate surface area is 165 Å². The lowest BCUT2D eigenvalue weighted by molar-refractivity contribution is 0.0951. The van der Waals surface area contributed by atoms with Crippen LogP contribution in [0.15, 0.2) is 79.0 Å². The number of hydrogen-bond acceptors (Lipinski definition) is 4. The van der Waals surface area contributed by atoms with Gasteiger partial charge in [0.2, 0.25) is 0 Å². The van der Waals surface area contributed by atoms with Crippen molar-refractivity contribution in [2.24, 2.45) is 0 Å². The largest absolute Gasteiger partial charge is 0.368 e. The Morgan fingerprint density at radius 3 is 2.21 bits per heavy atom. The lowest BCUT2D eigenvalue weighted by Crippen LogP contribution is -2.46. The Bertz CT molecular complexity index is 906. The molecule has 1 fully saturated rings. The zero-order valence-electron chi connectivity index (χ0n) is 15.8. The number of carbonyl (C=O) groups is 1. The summed E-state index contributed by atoms with van der Waals surface area (Å²) in [6.07, 6.45) is 1.72. The van der Waals surface area contributed by atoms with Gasteiger partial charge in [0.05, 0.1) is 0 Å². The van der Waals surface area contributed by atoms with Gasteiger partial charge in [-0.15, -0.1) is 0 Å². The van der Waals surface area contributed by atoms with E-state index in [1.165, 1.54) is 5.69 Å². The van der Waals surface area contributed by atoms with E-state index in [0.717, 1.165) is 37.6 Å². The van der Waals surface area contributed by atoms with Crippen LogP contribution in [0.5, 0.6) is 0 Å². The zero-order valence-corrected chi connectivity index (χ0v) is 15.8. The topological polar surface area (TPSA) is 48.5 Å². The van der Waals surface area contributed by atoms with Crippen molar-refractivity contribution >= 4 is 17.4 Å². The third kappa shape index (κ3) is 4.31. The first-order valence-corrected chi connectivity index (χ1v) is 9.63. The summed E-state index contributed by atoms with van der Waals surface area (Å²) in [4.78, 5) is 21.6. The van der Waals surface area contributed by atoms with Gasteiger partial charge in [0, 0.05) is 50.2 Å². The van der Waals surface area contributed by atoms with Gasteiger partial charge in [-0.3, -0.25) is 4.79 Å². The molecule has 5 heteroatoms. The molecule has 1 saturated heterocycles. The fourth-order valence-corrected chi connectivity index (χ4v) is 3.45. The summed E-state index contributed by atoms with van der Waals surface area (Å²) in [7, 11) is 0. The predicted octanol–water partition coefficient (Wildman–Crippen LogP) is 3.34. The second-order valence-electron chi connectivity index (χ2n) is 6.88. The molecule has 3 aromatic rings. The van der Waals surface area contributed by atoms with Crippen molar-refractivity contribution in [3.8, 4) is 0 Å². The highest BCUT2D eigenvalue weighted by Gasteiger charge is 2.19. The van der Waals surface area contributed by atoms with Crippen molar-refractivity contribution < 1.29 is 4.79 Å². The van der Waals surface area contributed by atoms with Crippen molar-refractivity contribution in [2.75, 3.05) is 36.0 Å². The minimum absolute atomic E-state index is 0.0737. The fraction of sp³-hybridized carbons (Fsp3) is 0.217. The van der Waals surface area contributed by atoms with E-state index in [4.69, 9.17) is 0 Å². The second-order valence-corrected chi connectivity index (χ2v) is 6.88. The number of piperazine rings is 1. The van der Waals surface area contributed by atoms with Gasteiger partial charge in [-0.05, 0) is 29.8 Å². The molecule has 2 heterocycles. The molecule has 5 nitrogen and oxygen atoms in total. The summed E-state index contributed by atoms with van der Waals surface area (Å²) in [6.45, 7) is 4.17. The first kappa shape index (κ1) is 18.0. The van der Waals surface area contributed by atoms with E-state index < -0.39 is 0 Å². The Kier molecular flexibility index (Phi) is 5.52. The SMILES string of the molecule is O=C(NCc1ccccc1)c1ccnc(N2CCN(c3ccccc3)CC2)c1. The van der Waals surface area contributed by atoms with Crippen molar-refractivity contribution in [1.82, 2.24) is 10.3 Å². The monoisotopic (exact) mass is 372 g/mol. The van der Waals surface area contributed by atoms with E-state index in [9.17, 15) is 4.79 Å². The number of hydrogen-bond donors (Lipinski definition) is 1. The van der Waals surface area contributed by atoms with Crippen LogP contribution < -0.4 is 15.1 Å². The number of nitrogens with one attached hydrogen (secondary N) is 1. The van der Waals surface area contributed by atoms with Gasteiger partial charge >= 0.3 is 0 Å². The average Bonchev–Trinajstić information content (AvgIpc) is 2.79. The molecule has 1 aliphatic heterocycles. The molecule has 1 aromatic heterocycles. The van der Waals surface area contributed by atoms with Crippen molar-refractivity contribution in [1.29, 1.82) is 0 Å². The van der Waals surface area contributed by atoms with Crippen LogP contribution in [-0.2, 0) is 6.54 Å². The highest BCUT2D eigenvalue weighted by atomic mass is 16.1. The number of amides is 1. The summed E-state index contributed by atoms with van der Waals surface area (Å²) >= 11 is 0. The number of carbonyl (C=O) groups excluding carboxylic acids is 1. The van der Waals surface area contributed by atoms with Gasteiger partial charge in [-0.2, -0.15) is 0 Å². The standard InChI is InChI=1S/C23H24N4O/c28-23(25-18-19-7-3-1-4-8-19)20-11-12-24-22(17-20)27-15-13-26(14-16-27)21-9-5-2-6-10-21/h1-12,17H,13-16,18H2,(H,25,28). The molecule has 4 rings (SSSR count). The lowest BCUT2D eigenvalue weighted by atomic mass is 10.2. The van der Waals surface area contributed by atoms with Crippen molar-refractivity contribution in [2.45, 2.75) is 6.54 Å². The average molecular weight is 372 g/mol. The number of aromatic nitrogens is 1. The third-order valence-corrected chi connectivity index (χ3v) is 5.03. The maximum Gasteiger partial charge on any atom is 0.251 e. The quantitative estimate of drug-likeness (QED) is 0.746. The van der Waals surface area contributed by atoms with Gasteiger partial charge in [-0.25, -0.2) is 4.98 Å². The van der Waals surface area contributed by atoms with Gasteiger partial charge in [0.1, 0.15) is 5.82 Å². The molecule has 0 radical (unpaired) electrons. The molecule has 0 unspecified atom stereocenters. The Balaban J connectivity index is 1.37. The molecule has 1 amide bonds. The molecule has 2 aromatic carbocycles. The number of benzene rings is 2. The molecule has 0 aliphatic carbocycles. The highest BCUT2D eigenvalue weighted by Crippen LogP contribution is 2.19. The van der Waals surface area contributed by atoms with Crippen LogP contribution in [0, 0.1) is 0 Å². The number of nitrogens with zero attached hydrogens (tertiary/aromatic N) is 3. The molecule has 1 aliphatic rings. The van der Waals surface area contributed by atoms with Crippen LogP contribution >= 0.6 is 0 Å². The number of pyridine rings is 1. The van der Waals surface area contributed by atoms with Crippen molar-refractivity contribution in [3.63, 3.8) is 0 Å². The van der Waals surface area contributed by atoms with Crippen LogP contribution in [0.4, 0.5) is 11.5 Å². The van der Waals surface area contributed by atoms with E-state index >= 15 is 0 Å². The summed E-state index contributed by atoms with van der Waals surface area (Å²) in [5.41, 5.74) is 2.98. The maximum absolute atomic E-state index is 12.5. The van der Waals surface area contributed by atoms with E-state index in [0.29, 0.717) is 12.1 Å². The summed E-state index contributed by atoms with van der Waals surface area (Å²) in [5.74, 6) is 0.787. The first-order chi connectivity index (χ1) is 13.8. The van der Waals surface area contributed by atoms with Gasteiger partial charge < -0.3 is 15.1 Å². The molecular weight excluding hydrogens is 348 g/mol. The van der Waals surface area contributed by atoms with E-state index in [-0.39, 0.29) is 5.91 Å². The molecule has 1 N–H and O–H groups in total. The summed E-state index contributed by atoms with van der Waals surface area (Å²) in [6, 6.07) is 24.1. The predicted molar refractivity (Wildman–Crippen MR) is 113 cm³/mol. The first-order valence-electron chi connectivity index (χ1n) is 9.63. The van der Waals surface area contributed by atoms with Crippen LogP contribution in [0.1, 0.15) is 15.9 Å². The summed E-state index contributed by atoms with van der Waals surface area (Å²) in [5, 5.41) is 2.98. The minimum atomic E-state index is -0.0737. The lowest BCUT2D eigenvalue weighted by Gasteiger charge is -2.36. The van der Waals surface area contributed by atoms with Gasteiger partial charge in [0.15, 0.2) is 0 Å². The molecule has 0 spiro atoms. The molecule has 142 valence electrons. The fourth-order valence-electron chi connectivity index (χ4n) is 3.45. The number of anilines is 2. The third-order valence-electron chi connectivity index (χ3n) is 5.03. The summed E-state index contributed by atoms with van der Waals surface area (Å²) < 4.78 is 0. The van der Waals surface area contributed by atoms with Gasteiger partial charge in [0.25, 0.3) is 5.91 Å². The van der Waals surface area contributed by atoms with E-state index in [1.54, 1.807) is 12.3 Å². The molecule has 28 heavy (non-hydrogen) atoms. The Morgan fingerprint density at radius 2 is 1.50 bits per heavy atom. The maximum atomic E-state index is 12.5. The smallest absolute Gasteiger partial charge is 0.251 e. The zero-order chi connectivity index (χ0) is 19.2. The molecular formula is C23H24N4O. The molecule has 0 saturated carbocycles. The van der Waals surface area contributed by atoms with Crippen LogP contribution in [0.25, 0.3) is 0 Å². The van der Waals surface area contributed by atoms with Gasteiger partial charge in [-0.1, -0.05) is 48.5 Å². The minimum Gasteiger partial charge on any atom is -0.368 e. The highest BCUT2D eigenvalue weighted by molar-refractivity contribution is 5.94. The van der Waals surface area contributed by atoms with E-state index in [1.807, 2.05) is 42.5 Å². The molecule has 0 atom stereocenters. The van der Waals surface area contributed by atoms with Crippen LogP contribution in [-0.4, -0.2) is 37.1 Å². The molecule has 0 bridgehead atoms. The normalized spacial score (nSPS) is 14.0. The van der Waals surface area contributed by atoms with Crippen molar-refractivity contribution in [3.05, 3.63) is 90.1 Å². The number of para-hydroxylation sites is 1.